The van der Waals surface area contributed by atoms with Crippen molar-refractivity contribution in [2.75, 3.05) is 38.2 Å². The Labute approximate surface area is 93.0 Å². The maximum atomic E-state index is 11.1. The fourth-order valence-electron chi connectivity index (χ4n) is 1.96. The van der Waals surface area contributed by atoms with Crippen molar-refractivity contribution in [1.82, 2.24) is 10.2 Å². The Kier molecular flexibility index (Phi) is 4.14. The molecule has 0 aromatic heterocycles. The summed E-state index contributed by atoms with van der Waals surface area (Å²) in [5.41, 5.74) is 0.114. The number of sulfone groups is 1. The third-order valence-electron chi connectivity index (χ3n) is 3.32. The van der Waals surface area contributed by atoms with Crippen molar-refractivity contribution in [2.45, 2.75) is 25.8 Å². The van der Waals surface area contributed by atoms with Crippen LogP contribution in [0.4, 0.5) is 0 Å². The second kappa shape index (κ2) is 4.80. The van der Waals surface area contributed by atoms with Crippen molar-refractivity contribution < 1.29 is 8.42 Å². The number of piperazine rings is 1. The molecular formula is C10H22N2O2S. The second-order valence-corrected chi connectivity index (χ2v) is 6.90. The Morgan fingerprint density at radius 1 is 1.47 bits per heavy atom. The molecule has 4 nitrogen and oxygen atoms in total. The molecular weight excluding hydrogens is 212 g/mol. The maximum absolute atomic E-state index is 11.1. The summed E-state index contributed by atoms with van der Waals surface area (Å²) in [5.74, 6) is 0.266. The molecule has 1 heterocycles. The van der Waals surface area contributed by atoms with Crippen molar-refractivity contribution in [3.05, 3.63) is 0 Å². The summed E-state index contributed by atoms with van der Waals surface area (Å²) in [6.45, 7) is 7.86. The molecule has 0 bridgehead atoms. The molecule has 1 fully saturated rings. The molecule has 1 saturated heterocycles. The van der Waals surface area contributed by atoms with Gasteiger partial charge in [-0.1, -0.05) is 6.92 Å². The molecule has 0 aromatic rings. The summed E-state index contributed by atoms with van der Waals surface area (Å²) in [4.78, 5) is 2.30. The van der Waals surface area contributed by atoms with Crippen LogP contribution in [0.5, 0.6) is 0 Å². The van der Waals surface area contributed by atoms with Crippen molar-refractivity contribution >= 4 is 9.84 Å². The first kappa shape index (κ1) is 12.9. The Hall–Kier alpha value is -0.130. The van der Waals surface area contributed by atoms with E-state index in [9.17, 15) is 8.42 Å². The molecule has 1 aliphatic heterocycles. The van der Waals surface area contributed by atoms with Gasteiger partial charge < -0.3 is 5.32 Å². The van der Waals surface area contributed by atoms with Crippen molar-refractivity contribution in [3.8, 4) is 0 Å². The minimum absolute atomic E-state index is 0.114. The average Bonchev–Trinajstić information content (AvgIpc) is 2.15. The summed E-state index contributed by atoms with van der Waals surface area (Å²) in [6, 6.07) is 0. The van der Waals surface area contributed by atoms with Gasteiger partial charge in [-0.3, -0.25) is 4.90 Å². The largest absolute Gasteiger partial charge is 0.314 e. The highest BCUT2D eigenvalue weighted by Crippen LogP contribution is 2.20. The topological polar surface area (TPSA) is 49.4 Å². The zero-order chi connectivity index (χ0) is 11.5. The Morgan fingerprint density at radius 3 is 2.67 bits per heavy atom. The third kappa shape index (κ3) is 3.74. The van der Waals surface area contributed by atoms with Gasteiger partial charge in [-0.25, -0.2) is 8.42 Å². The molecule has 0 saturated carbocycles. The lowest BCUT2D eigenvalue weighted by atomic mass is 9.94. The van der Waals surface area contributed by atoms with Gasteiger partial charge in [0.15, 0.2) is 0 Å². The first-order valence-corrected chi connectivity index (χ1v) is 7.57. The first-order valence-electron chi connectivity index (χ1n) is 5.51. The molecule has 5 heteroatoms. The van der Waals surface area contributed by atoms with Crippen LogP contribution in [0, 0.1) is 0 Å². The molecule has 0 aliphatic carbocycles. The van der Waals surface area contributed by atoms with E-state index in [4.69, 9.17) is 0 Å². The predicted molar refractivity (Wildman–Crippen MR) is 62.8 cm³/mol. The van der Waals surface area contributed by atoms with E-state index in [0.717, 1.165) is 26.1 Å². The number of rotatable bonds is 4. The monoisotopic (exact) mass is 234 g/mol. The van der Waals surface area contributed by atoms with Crippen molar-refractivity contribution in [3.63, 3.8) is 0 Å². The van der Waals surface area contributed by atoms with Crippen LogP contribution < -0.4 is 5.32 Å². The molecule has 1 rings (SSSR count). The van der Waals surface area contributed by atoms with Gasteiger partial charge in [-0.2, -0.15) is 0 Å². The lowest BCUT2D eigenvalue weighted by Crippen LogP contribution is -2.60. The summed E-state index contributed by atoms with van der Waals surface area (Å²) in [7, 11) is -2.84. The van der Waals surface area contributed by atoms with E-state index in [2.05, 4.69) is 24.1 Å². The van der Waals surface area contributed by atoms with Gasteiger partial charge in [0.25, 0.3) is 0 Å². The second-order valence-electron chi connectivity index (χ2n) is 4.64. The molecule has 90 valence electrons. The highest BCUT2D eigenvalue weighted by Gasteiger charge is 2.32. The molecule has 0 aromatic carbocycles. The minimum atomic E-state index is -2.84. The highest BCUT2D eigenvalue weighted by atomic mass is 32.2. The van der Waals surface area contributed by atoms with Crippen LogP contribution in [0.2, 0.25) is 0 Å². The molecule has 0 spiro atoms. The summed E-state index contributed by atoms with van der Waals surface area (Å²) < 4.78 is 22.3. The average molecular weight is 234 g/mol. The molecule has 1 atom stereocenters. The van der Waals surface area contributed by atoms with Gasteiger partial charge in [0.2, 0.25) is 0 Å². The molecule has 1 aliphatic rings. The third-order valence-corrected chi connectivity index (χ3v) is 4.25. The normalized spacial score (nSPS) is 29.3. The zero-order valence-corrected chi connectivity index (χ0v) is 10.7. The molecule has 1 unspecified atom stereocenters. The molecule has 15 heavy (non-hydrogen) atoms. The Balaban J connectivity index is 2.58. The quantitative estimate of drug-likeness (QED) is 0.750. The summed E-state index contributed by atoms with van der Waals surface area (Å²) >= 11 is 0. The van der Waals surface area contributed by atoms with Crippen molar-refractivity contribution in [2.24, 2.45) is 0 Å². The van der Waals surface area contributed by atoms with E-state index < -0.39 is 9.84 Å². The fourth-order valence-corrected chi connectivity index (χ4v) is 2.51. The van der Waals surface area contributed by atoms with Crippen LogP contribution in [0.3, 0.4) is 0 Å². The smallest absolute Gasteiger partial charge is 0.148 e. The lowest BCUT2D eigenvalue weighted by Gasteiger charge is -2.44. The van der Waals surface area contributed by atoms with Gasteiger partial charge >= 0.3 is 0 Å². The standard InChI is InChI=1S/C10H22N2O2S/c1-4-10(2)9-11-5-6-12(10)7-8-15(3,13)14/h11H,4-9H2,1-3H3. The highest BCUT2D eigenvalue weighted by molar-refractivity contribution is 7.90. The maximum Gasteiger partial charge on any atom is 0.148 e. The fraction of sp³-hybridized carbons (Fsp3) is 1.00. The van der Waals surface area contributed by atoms with Crippen LogP contribution in [0.15, 0.2) is 0 Å². The number of hydrogen-bond donors (Lipinski definition) is 1. The van der Waals surface area contributed by atoms with E-state index in [1.54, 1.807) is 0 Å². The van der Waals surface area contributed by atoms with E-state index in [1.807, 2.05) is 0 Å². The van der Waals surface area contributed by atoms with E-state index in [-0.39, 0.29) is 11.3 Å². The molecule has 0 radical (unpaired) electrons. The van der Waals surface area contributed by atoms with Crippen LogP contribution >= 0.6 is 0 Å². The van der Waals surface area contributed by atoms with Gasteiger partial charge in [0.1, 0.15) is 9.84 Å². The number of nitrogens with one attached hydrogen (secondary N) is 1. The Bertz CT molecular complexity index is 303. The SMILES string of the molecule is CCC1(C)CNCCN1CCS(C)(=O)=O. The van der Waals surface area contributed by atoms with Gasteiger partial charge in [0, 0.05) is 38.0 Å². The van der Waals surface area contributed by atoms with E-state index >= 15 is 0 Å². The number of nitrogens with zero attached hydrogens (tertiary/aromatic N) is 1. The Morgan fingerprint density at radius 2 is 2.13 bits per heavy atom. The van der Waals surface area contributed by atoms with Crippen LogP contribution in [0.25, 0.3) is 0 Å². The lowest BCUT2D eigenvalue weighted by molar-refractivity contribution is 0.0782. The summed E-state index contributed by atoms with van der Waals surface area (Å²) in [6.07, 6.45) is 2.35. The van der Waals surface area contributed by atoms with Crippen LogP contribution in [-0.2, 0) is 9.84 Å². The first-order chi connectivity index (χ1) is 6.87. The molecule has 0 amide bonds. The van der Waals surface area contributed by atoms with Gasteiger partial charge in [-0.05, 0) is 13.3 Å². The minimum Gasteiger partial charge on any atom is -0.314 e. The van der Waals surface area contributed by atoms with Crippen molar-refractivity contribution in [1.29, 1.82) is 0 Å². The number of hydrogen-bond acceptors (Lipinski definition) is 4. The predicted octanol–water partition coefficient (Wildman–Crippen LogP) is 0.105. The van der Waals surface area contributed by atoms with Crippen LogP contribution in [0.1, 0.15) is 20.3 Å². The van der Waals surface area contributed by atoms with Crippen LogP contribution in [-0.4, -0.2) is 57.0 Å². The van der Waals surface area contributed by atoms with E-state index in [0.29, 0.717) is 6.54 Å². The van der Waals surface area contributed by atoms with E-state index in [1.165, 1.54) is 6.26 Å². The summed E-state index contributed by atoms with van der Waals surface area (Å²) in [5, 5.41) is 3.36. The zero-order valence-electron chi connectivity index (χ0n) is 9.91. The molecule has 1 N–H and O–H groups in total. The van der Waals surface area contributed by atoms with Gasteiger partial charge in [-0.15, -0.1) is 0 Å². The van der Waals surface area contributed by atoms with Gasteiger partial charge in [0.05, 0.1) is 5.75 Å².